The number of benzene rings is 4. The Labute approximate surface area is 358 Å². The fraction of sp³-hybridized carbons (Fsp3) is 0.524. The average molecular weight is 878 g/mol. The predicted molar refractivity (Wildman–Crippen MR) is 225 cm³/mol. The van der Waals surface area contributed by atoms with Crippen LogP contribution >= 0.6 is 0 Å². The first-order chi connectivity index (χ1) is 29.7. The standard InChI is InChI=1S/C18H24N2O5.C11H11N.C7H15NO5.C6H13NO5/c21-9-14-16(22)17(23)15(18(24)25-14)20-10-19-8-12-6-3-5-11-4-1-2-7-13(11)12;12-8-10-6-3-5-9-4-1-2-7-11(9)10;1-8-4-6(11)5(10)3(2-9)13-7(4)12;7-3-5(10)4(9)2(1-8)12-6(3)11/h1-7,14-24H,8-10H2;1-7H,8,12H2;3-12H,2H2,1H3;2-6,8-11H,1,7H2/t14-,15-,16+,17-,18?;;3-,4-,5+,6-,7?;2-,3-,4+,5-,6?/m1.11/s1. The Balaban J connectivity index is 0.000000194. The number of nitrogens with one attached hydrogen (secondary N) is 3. The Hall–Kier alpha value is -3.40. The minimum absolute atomic E-state index is 0.307. The van der Waals surface area contributed by atoms with Crippen LogP contribution in [0, 0.1) is 0 Å². The van der Waals surface area contributed by atoms with Crippen LogP contribution in [0.15, 0.2) is 84.9 Å². The van der Waals surface area contributed by atoms with Gasteiger partial charge >= 0.3 is 0 Å². The highest BCUT2D eigenvalue weighted by Gasteiger charge is 2.44. The minimum atomic E-state index is -1.35. The third kappa shape index (κ3) is 13.1. The van der Waals surface area contributed by atoms with E-state index in [1.807, 2.05) is 42.5 Å². The summed E-state index contributed by atoms with van der Waals surface area (Å²) in [5.41, 5.74) is 13.2. The zero-order valence-corrected chi connectivity index (χ0v) is 34.2. The van der Waals surface area contributed by atoms with Crippen molar-refractivity contribution < 1.29 is 75.5 Å². The first kappa shape index (κ1) is 51.2. The summed E-state index contributed by atoms with van der Waals surface area (Å²) in [6.07, 6.45) is -14.1. The molecule has 0 spiro atoms. The summed E-state index contributed by atoms with van der Waals surface area (Å²) in [7, 11) is 1.53. The Morgan fingerprint density at radius 1 is 0.516 bits per heavy atom. The molecule has 3 heterocycles. The van der Waals surface area contributed by atoms with E-state index in [4.69, 9.17) is 46.1 Å². The van der Waals surface area contributed by atoms with Crippen molar-refractivity contribution in [3.05, 3.63) is 96.1 Å². The van der Waals surface area contributed by atoms with Crippen LogP contribution in [0.2, 0.25) is 0 Å². The lowest BCUT2D eigenvalue weighted by Crippen LogP contribution is -2.64. The molecule has 3 unspecified atom stereocenters. The van der Waals surface area contributed by atoms with Gasteiger partial charge in [-0.25, -0.2) is 0 Å². The number of fused-ring (bicyclic) bond motifs is 2. The lowest BCUT2D eigenvalue weighted by Gasteiger charge is -2.40. The Bertz CT molecular complexity index is 1890. The monoisotopic (exact) mass is 877 g/mol. The van der Waals surface area contributed by atoms with Crippen LogP contribution in [0.3, 0.4) is 0 Å². The van der Waals surface area contributed by atoms with E-state index in [-0.39, 0.29) is 0 Å². The van der Waals surface area contributed by atoms with E-state index in [1.165, 1.54) is 34.2 Å². The number of nitrogens with two attached hydrogens (primary N) is 2. The molecule has 3 aliphatic rings. The van der Waals surface area contributed by atoms with Gasteiger partial charge in [0.05, 0.1) is 37.9 Å². The van der Waals surface area contributed by atoms with E-state index in [0.29, 0.717) is 19.8 Å². The molecule has 4 aromatic carbocycles. The Morgan fingerprint density at radius 2 is 0.935 bits per heavy atom. The number of aliphatic hydroxyl groups is 12. The van der Waals surface area contributed by atoms with E-state index in [1.54, 1.807) is 0 Å². The number of hydrogen-bond acceptors (Lipinski definition) is 20. The zero-order chi connectivity index (χ0) is 45.5. The largest absolute Gasteiger partial charge is 0.394 e. The van der Waals surface area contributed by atoms with Crippen LogP contribution in [0.1, 0.15) is 11.1 Å². The number of ether oxygens (including phenoxy) is 3. The predicted octanol–water partition coefficient (Wildman–Crippen LogP) is -4.67. The smallest absolute Gasteiger partial charge is 0.173 e. The second-order valence-electron chi connectivity index (χ2n) is 14.9. The summed E-state index contributed by atoms with van der Waals surface area (Å²) in [6, 6.07) is 26.1. The maximum Gasteiger partial charge on any atom is 0.173 e. The van der Waals surface area contributed by atoms with Gasteiger partial charge in [-0.15, -0.1) is 0 Å². The quantitative estimate of drug-likeness (QED) is 0.0526. The Kier molecular flexibility index (Phi) is 20.8. The number of hydrogen-bond donors (Lipinski definition) is 17. The zero-order valence-electron chi connectivity index (χ0n) is 34.2. The van der Waals surface area contributed by atoms with E-state index < -0.39 is 112 Å². The second kappa shape index (κ2) is 25.2. The summed E-state index contributed by atoms with van der Waals surface area (Å²) >= 11 is 0. The van der Waals surface area contributed by atoms with Crippen LogP contribution < -0.4 is 27.4 Å². The normalized spacial score (nSPS) is 33.3. The van der Waals surface area contributed by atoms with E-state index >= 15 is 0 Å². The SMILES string of the molecule is CN[C@H]1C(O)O[C@H](CO)[C@H](O)[C@@H]1O.NCc1cccc2ccccc12.N[C@H]1C(O)O[C@H](CO)[C@H](O)[C@@H]1O.OC[C@H]1OC(O)[C@H](NCNCc2cccc3ccccc23)[C@@H](O)[C@H]1O. The number of aliphatic hydroxyl groups excluding tert-OH is 12. The highest BCUT2D eigenvalue weighted by Crippen LogP contribution is 2.22. The molecular weight excluding hydrogens is 814 g/mol. The van der Waals surface area contributed by atoms with Gasteiger partial charge in [0, 0.05) is 19.8 Å². The number of rotatable bonds is 10. The molecule has 0 saturated carbocycles. The molecule has 4 aromatic rings. The van der Waals surface area contributed by atoms with Gasteiger partial charge in [-0.1, -0.05) is 84.9 Å². The molecule has 20 heteroatoms. The molecule has 0 bridgehead atoms. The maximum absolute atomic E-state index is 10.1. The van der Waals surface area contributed by atoms with Crippen molar-refractivity contribution in [3.63, 3.8) is 0 Å². The molecule has 7 rings (SSSR count). The topological polar surface area (TPSA) is 359 Å². The molecule has 3 aliphatic heterocycles. The summed E-state index contributed by atoms with van der Waals surface area (Å²) in [5, 5.41) is 125. The average Bonchev–Trinajstić information content (AvgIpc) is 3.29. The summed E-state index contributed by atoms with van der Waals surface area (Å²) in [6.45, 7) is 0.147. The molecule has 346 valence electrons. The van der Waals surface area contributed by atoms with E-state index in [2.05, 4.69) is 58.4 Å². The number of likely N-dealkylation sites (N-methyl/N-ethyl adjacent to an activating group) is 1. The van der Waals surface area contributed by atoms with Gasteiger partial charge in [0.15, 0.2) is 18.9 Å². The summed E-state index contributed by atoms with van der Waals surface area (Å²) in [5.74, 6) is 0. The van der Waals surface area contributed by atoms with Crippen LogP contribution in [0.5, 0.6) is 0 Å². The van der Waals surface area contributed by atoms with Gasteiger partial charge in [0.25, 0.3) is 0 Å². The molecular formula is C42H63N5O15. The molecule has 0 radical (unpaired) electrons. The van der Waals surface area contributed by atoms with Crippen molar-refractivity contribution in [2.75, 3.05) is 33.5 Å². The first-order valence-corrected chi connectivity index (χ1v) is 20.1. The maximum atomic E-state index is 10.1. The van der Waals surface area contributed by atoms with Gasteiger partial charge in [0.2, 0.25) is 0 Å². The molecule has 19 N–H and O–H groups in total. The highest BCUT2D eigenvalue weighted by atomic mass is 16.6. The highest BCUT2D eigenvalue weighted by molar-refractivity contribution is 5.86. The van der Waals surface area contributed by atoms with Crippen molar-refractivity contribution in [1.29, 1.82) is 0 Å². The fourth-order valence-electron chi connectivity index (χ4n) is 7.15. The summed E-state index contributed by atoms with van der Waals surface area (Å²) < 4.78 is 14.7. The lowest BCUT2D eigenvalue weighted by atomic mass is 9.97. The molecule has 62 heavy (non-hydrogen) atoms. The van der Waals surface area contributed by atoms with Crippen molar-refractivity contribution >= 4 is 21.5 Å². The molecule has 3 fully saturated rings. The third-order valence-corrected chi connectivity index (χ3v) is 10.8. The van der Waals surface area contributed by atoms with Crippen molar-refractivity contribution in [2.24, 2.45) is 11.5 Å². The second-order valence-corrected chi connectivity index (χ2v) is 14.9. The Morgan fingerprint density at radius 3 is 1.44 bits per heavy atom. The molecule has 0 amide bonds. The molecule has 0 aliphatic carbocycles. The van der Waals surface area contributed by atoms with E-state index in [0.717, 1.165) is 5.56 Å². The summed E-state index contributed by atoms with van der Waals surface area (Å²) in [4.78, 5) is 0. The van der Waals surface area contributed by atoms with Crippen LogP contribution in [0.4, 0.5) is 0 Å². The van der Waals surface area contributed by atoms with Gasteiger partial charge in [-0.3, -0.25) is 5.32 Å². The minimum Gasteiger partial charge on any atom is -0.394 e. The third-order valence-electron chi connectivity index (χ3n) is 10.8. The van der Waals surface area contributed by atoms with Crippen molar-refractivity contribution in [2.45, 2.75) is 105 Å². The molecule has 0 aromatic heterocycles. The van der Waals surface area contributed by atoms with Gasteiger partial charge in [0.1, 0.15) is 54.9 Å². The van der Waals surface area contributed by atoms with Crippen molar-refractivity contribution in [3.8, 4) is 0 Å². The van der Waals surface area contributed by atoms with Gasteiger partial charge < -0.3 is 97.6 Å². The molecule has 15 atom stereocenters. The van der Waals surface area contributed by atoms with Crippen molar-refractivity contribution in [1.82, 2.24) is 16.0 Å². The van der Waals surface area contributed by atoms with Gasteiger partial charge in [-0.05, 0) is 39.7 Å². The van der Waals surface area contributed by atoms with Crippen LogP contribution in [0.25, 0.3) is 21.5 Å². The van der Waals surface area contributed by atoms with Crippen LogP contribution in [-0.2, 0) is 27.3 Å². The van der Waals surface area contributed by atoms with E-state index in [9.17, 15) is 40.9 Å². The molecule has 3 saturated heterocycles. The first-order valence-electron chi connectivity index (χ1n) is 20.1. The molecule has 20 nitrogen and oxygen atoms in total. The van der Waals surface area contributed by atoms with Gasteiger partial charge in [-0.2, -0.15) is 0 Å². The lowest BCUT2D eigenvalue weighted by molar-refractivity contribution is -0.254. The fourth-order valence-corrected chi connectivity index (χ4v) is 7.15. The van der Waals surface area contributed by atoms with Crippen LogP contribution in [-0.4, -0.2) is 187 Å².